The van der Waals surface area contributed by atoms with Crippen LogP contribution in [0.25, 0.3) is 0 Å². The Morgan fingerprint density at radius 2 is 2.00 bits per heavy atom. The average Bonchev–Trinajstić information content (AvgIpc) is 2.34. The molecule has 2 aromatic rings. The molecule has 1 heterocycles. The molecule has 0 aliphatic rings. The highest BCUT2D eigenvalue weighted by Crippen LogP contribution is 2.29. The summed E-state index contributed by atoms with van der Waals surface area (Å²) < 4.78 is 32.0. The normalized spacial score (nSPS) is 10.6. The molecule has 0 spiro atoms. The van der Waals surface area contributed by atoms with Crippen molar-refractivity contribution in [2.24, 2.45) is 0 Å². The van der Waals surface area contributed by atoms with Gasteiger partial charge in [-0.1, -0.05) is 6.07 Å². The van der Waals surface area contributed by atoms with Gasteiger partial charge in [-0.25, -0.2) is 9.37 Å². The lowest BCUT2D eigenvalue weighted by atomic mass is 10.1. The van der Waals surface area contributed by atoms with Crippen LogP contribution in [-0.4, -0.2) is 4.98 Å². The van der Waals surface area contributed by atoms with Crippen molar-refractivity contribution in [3.8, 4) is 11.6 Å². The summed E-state index contributed by atoms with van der Waals surface area (Å²) in [6.45, 7) is 3.65. The van der Waals surface area contributed by atoms with E-state index in [0.29, 0.717) is 5.56 Å². The molecule has 1 aromatic heterocycles. The quantitative estimate of drug-likeness (QED) is 0.773. The monoisotopic (exact) mass is 283 g/mol. The lowest BCUT2D eigenvalue weighted by Crippen LogP contribution is -2.00. The molecule has 2 nitrogen and oxygen atoms in total. The van der Waals surface area contributed by atoms with Gasteiger partial charge in [-0.05, 0) is 37.6 Å². The number of alkyl halides is 1. The Labute approximate surface area is 115 Å². The molecule has 5 heteroatoms. The molecule has 0 aliphatic heterocycles. The van der Waals surface area contributed by atoms with E-state index in [1.807, 2.05) is 13.0 Å². The zero-order valence-electron chi connectivity index (χ0n) is 10.5. The maximum Gasteiger partial charge on any atom is 0.224 e. The number of pyridine rings is 1. The van der Waals surface area contributed by atoms with E-state index in [4.69, 9.17) is 16.3 Å². The van der Waals surface area contributed by atoms with E-state index in [0.717, 1.165) is 17.3 Å². The van der Waals surface area contributed by atoms with Gasteiger partial charge < -0.3 is 4.74 Å². The third-order valence-corrected chi connectivity index (χ3v) is 2.96. The van der Waals surface area contributed by atoms with Crippen LogP contribution in [0.2, 0.25) is 0 Å². The number of nitrogens with zero attached hydrogens (tertiary/aromatic N) is 1. The van der Waals surface area contributed by atoms with E-state index < -0.39 is 11.6 Å². The number of rotatable bonds is 3. The number of hydrogen-bond acceptors (Lipinski definition) is 2. The van der Waals surface area contributed by atoms with Crippen LogP contribution in [-0.2, 0) is 5.88 Å². The first-order valence-electron chi connectivity index (χ1n) is 5.68. The van der Waals surface area contributed by atoms with Crippen molar-refractivity contribution in [1.29, 1.82) is 0 Å². The molecule has 2 rings (SSSR count). The van der Waals surface area contributed by atoms with E-state index in [-0.39, 0.29) is 17.5 Å². The number of hydrogen-bond donors (Lipinski definition) is 0. The van der Waals surface area contributed by atoms with Gasteiger partial charge >= 0.3 is 0 Å². The van der Waals surface area contributed by atoms with E-state index in [1.54, 1.807) is 6.92 Å². The minimum absolute atomic E-state index is 0.186. The summed E-state index contributed by atoms with van der Waals surface area (Å²) in [4.78, 5) is 4.18. The Morgan fingerprint density at radius 3 is 2.68 bits per heavy atom. The van der Waals surface area contributed by atoms with Gasteiger partial charge in [0, 0.05) is 11.3 Å². The molecular weight excluding hydrogens is 272 g/mol. The second-order valence-corrected chi connectivity index (χ2v) is 4.42. The van der Waals surface area contributed by atoms with Gasteiger partial charge in [-0.15, -0.1) is 11.6 Å². The summed E-state index contributed by atoms with van der Waals surface area (Å²) in [6.07, 6.45) is 0. The number of benzene rings is 1. The van der Waals surface area contributed by atoms with E-state index in [9.17, 15) is 8.78 Å². The Balaban J connectivity index is 2.46. The fourth-order valence-electron chi connectivity index (χ4n) is 1.74. The Hall–Kier alpha value is -1.68. The van der Waals surface area contributed by atoms with Crippen molar-refractivity contribution >= 4 is 11.6 Å². The molecule has 100 valence electrons. The van der Waals surface area contributed by atoms with Gasteiger partial charge in [0.25, 0.3) is 0 Å². The van der Waals surface area contributed by atoms with Gasteiger partial charge in [0.1, 0.15) is 0 Å². The molecular formula is C14H12ClF2NO. The predicted molar refractivity (Wildman–Crippen MR) is 69.7 cm³/mol. The molecule has 0 bridgehead atoms. The lowest BCUT2D eigenvalue weighted by Gasteiger charge is -2.12. The molecule has 0 saturated carbocycles. The zero-order chi connectivity index (χ0) is 14.0. The van der Waals surface area contributed by atoms with Crippen LogP contribution in [0, 0.1) is 25.5 Å². The van der Waals surface area contributed by atoms with Gasteiger partial charge in [-0.3, -0.25) is 0 Å². The summed E-state index contributed by atoms with van der Waals surface area (Å²) in [5.74, 6) is -1.81. The van der Waals surface area contributed by atoms with Crippen LogP contribution in [0.4, 0.5) is 8.78 Å². The smallest absolute Gasteiger partial charge is 0.224 e. The van der Waals surface area contributed by atoms with Crippen molar-refractivity contribution < 1.29 is 13.5 Å². The summed E-state index contributed by atoms with van der Waals surface area (Å²) >= 11 is 5.84. The highest BCUT2D eigenvalue weighted by molar-refractivity contribution is 6.17. The average molecular weight is 284 g/mol. The van der Waals surface area contributed by atoms with E-state index in [1.165, 1.54) is 12.1 Å². The molecule has 19 heavy (non-hydrogen) atoms. The Morgan fingerprint density at radius 1 is 1.26 bits per heavy atom. The van der Waals surface area contributed by atoms with Crippen molar-refractivity contribution in [3.05, 3.63) is 52.7 Å². The predicted octanol–water partition coefficient (Wildman–Crippen LogP) is 4.51. The first kappa shape index (κ1) is 13.7. The molecule has 0 unspecified atom stereocenters. The first-order chi connectivity index (χ1) is 9.02. The standard InChI is InChI=1S/C14H12ClF2NO/c1-8-6-9(2)18-14(10(8)7-15)19-12-5-3-4-11(16)13(12)17/h3-6H,7H2,1-2H3. The molecule has 0 radical (unpaired) electrons. The van der Waals surface area contributed by atoms with Crippen LogP contribution in [0.15, 0.2) is 24.3 Å². The molecule has 1 aromatic carbocycles. The molecule has 0 atom stereocenters. The topological polar surface area (TPSA) is 22.1 Å². The SMILES string of the molecule is Cc1cc(C)c(CCl)c(Oc2cccc(F)c2F)n1. The minimum atomic E-state index is -1.04. The van der Waals surface area contributed by atoms with Crippen molar-refractivity contribution in [2.75, 3.05) is 0 Å². The first-order valence-corrected chi connectivity index (χ1v) is 6.21. The maximum absolute atomic E-state index is 13.6. The summed E-state index contributed by atoms with van der Waals surface area (Å²) in [7, 11) is 0. The number of aryl methyl sites for hydroxylation is 2. The van der Waals surface area contributed by atoms with Crippen LogP contribution in [0.3, 0.4) is 0 Å². The molecule has 0 aliphatic carbocycles. The second kappa shape index (κ2) is 5.53. The lowest BCUT2D eigenvalue weighted by molar-refractivity contribution is 0.402. The number of ether oxygens (including phenoxy) is 1. The molecule has 0 saturated heterocycles. The fraction of sp³-hybridized carbons (Fsp3) is 0.214. The number of halogens is 3. The van der Waals surface area contributed by atoms with Crippen LogP contribution >= 0.6 is 11.6 Å². The Bertz CT molecular complexity index is 617. The highest BCUT2D eigenvalue weighted by Gasteiger charge is 2.14. The van der Waals surface area contributed by atoms with E-state index in [2.05, 4.69) is 4.98 Å². The van der Waals surface area contributed by atoms with Gasteiger partial charge in [0.05, 0.1) is 5.88 Å². The van der Waals surface area contributed by atoms with Crippen molar-refractivity contribution in [1.82, 2.24) is 4.98 Å². The fourth-order valence-corrected chi connectivity index (χ4v) is 2.07. The largest absolute Gasteiger partial charge is 0.435 e. The van der Waals surface area contributed by atoms with E-state index >= 15 is 0 Å². The maximum atomic E-state index is 13.6. The third-order valence-electron chi connectivity index (χ3n) is 2.69. The van der Waals surface area contributed by atoms with Crippen molar-refractivity contribution in [3.63, 3.8) is 0 Å². The van der Waals surface area contributed by atoms with Gasteiger partial charge in [0.15, 0.2) is 11.6 Å². The van der Waals surface area contributed by atoms with Crippen LogP contribution in [0.5, 0.6) is 11.6 Å². The summed E-state index contributed by atoms with van der Waals surface area (Å²) in [5, 5.41) is 0. The second-order valence-electron chi connectivity index (χ2n) is 4.15. The van der Waals surface area contributed by atoms with Gasteiger partial charge in [0.2, 0.25) is 11.7 Å². The summed E-state index contributed by atoms with van der Waals surface area (Å²) in [6, 6.07) is 5.60. The zero-order valence-corrected chi connectivity index (χ0v) is 11.3. The minimum Gasteiger partial charge on any atom is -0.435 e. The summed E-state index contributed by atoms with van der Waals surface area (Å²) in [5.41, 5.74) is 2.28. The highest BCUT2D eigenvalue weighted by atomic mass is 35.5. The number of aromatic nitrogens is 1. The van der Waals surface area contributed by atoms with Crippen LogP contribution in [0.1, 0.15) is 16.8 Å². The van der Waals surface area contributed by atoms with Gasteiger partial charge in [-0.2, -0.15) is 4.39 Å². The molecule has 0 amide bonds. The van der Waals surface area contributed by atoms with Crippen LogP contribution < -0.4 is 4.74 Å². The molecule has 0 fully saturated rings. The molecule has 0 N–H and O–H groups in total. The third kappa shape index (κ3) is 2.84. The Kier molecular flexibility index (Phi) is 4.00. The van der Waals surface area contributed by atoms with Crippen molar-refractivity contribution in [2.45, 2.75) is 19.7 Å².